The van der Waals surface area contributed by atoms with Crippen molar-refractivity contribution in [1.82, 2.24) is 0 Å². The molecule has 1 N–H and O–H groups in total. The van der Waals surface area contributed by atoms with Gasteiger partial charge in [-0.25, -0.2) is 0 Å². The van der Waals surface area contributed by atoms with Crippen LogP contribution in [-0.4, -0.2) is 5.78 Å². The topological polar surface area (TPSA) is 29.1 Å². The Morgan fingerprint density at radius 2 is 1.95 bits per heavy atom. The molecule has 2 aliphatic rings. The molecule has 1 aliphatic carbocycles. The summed E-state index contributed by atoms with van der Waals surface area (Å²) in [5.74, 6) is 0.591. The monoisotopic (exact) mass is 283 g/mol. The molecule has 2 atom stereocenters. The molecule has 20 heavy (non-hydrogen) atoms. The SMILES string of the molecule is O=C1CCC2c3c(cc(Cl)cc31)NC2c1ccccc1. The highest BCUT2D eigenvalue weighted by Gasteiger charge is 2.39. The van der Waals surface area contributed by atoms with Crippen molar-refractivity contribution in [1.29, 1.82) is 0 Å². The number of ketones is 1. The number of rotatable bonds is 1. The Labute approximate surface area is 122 Å². The first-order chi connectivity index (χ1) is 9.74. The van der Waals surface area contributed by atoms with Crippen molar-refractivity contribution in [3.63, 3.8) is 0 Å². The molecule has 2 unspecified atom stereocenters. The van der Waals surface area contributed by atoms with Crippen LogP contribution in [0, 0.1) is 0 Å². The van der Waals surface area contributed by atoms with Crippen LogP contribution in [-0.2, 0) is 0 Å². The van der Waals surface area contributed by atoms with Gasteiger partial charge in [0, 0.05) is 28.6 Å². The number of carbonyl (C=O) groups excluding carboxylic acids is 1. The van der Waals surface area contributed by atoms with E-state index in [0.717, 1.165) is 17.7 Å². The fraction of sp³-hybridized carbons (Fsp3) is 0.235. The predicted molar refractivity (Wildman–Crippen MR) is 80.6 cm³/mol. The second-order valence-electron chi connectivity index (χ2n) is 5.52. The van der Waals surface area contributed by atoms with Gasteiger partial charge in [-0.2, -0.15) is 0 Å². The second kappa shape index (κ2) is 4.35. The summed E-state index contributed by atoms with van der Waals surface area (Å²) in [6.45, 7) is 0. The van der Waals surface area contributed by atoms with Crippen molar-refractivity contribution in [2.24, 2.45) is 0 Å². The third-order valence-corrected chi connectivity index (χ3v) is 4.59. The van der Waals surface area contributed by atoms with E-state index in [1.54, 1.807) is 0 Å². The standard InChI is InChI=1S/C17H14ClNO/c18-11-8-13-15(20)7-6-12-16(13)14(9-11)19-17(12)10-4-2-1-3-5-10/h1-5,8-9,12,17,19H,6-7H2. The van der Waals surface area contributed by atoms with Crippen molar-refractivity contribution in [3.8, 4) is 0 Å². The van der Waals surface area contributed by atoms with Crippen LogP contribution in [0.1, 0.15) is 46.3 Å². The number of nitrogens with one attached hydrogen (secondary N) is 1. The number of halogens is 1. The molecule has 0 aromatic heterocycles. The van der Waals surface area contributed by atoms with Gasteiger partial charge in [-0.3, -0.25) is 4.79 Å². The zero-order valence-electron chi connectivity index (χ0n) is 10.9. The summed E-state index contributed by atoms with van der Waals surface area (Å²) in [6.07, 6.45) is 1.52. The number of anilines is 1. The molecule has 0 fully saturated rings. The summed E-state index contributed by atoms with van der Waals surface area (Å²) in [5.41, 5.74) is 4.28. The lowest BCUT2D eigenvalue weighted by Gasteiger charge is -2.25. The fourth-order valence-electron chi connectivity index (χ4n) is 3.51. The lowest BCUT2D eigenvalue weighted by Crippen LogP contribution is -2.18. The van der Waals surface area contributed by atoms with Crippen molar-refractivity contribution >= 4 is 23.1 Å². The summed E-state index contributed by atoms with van der Waals surface area (Å²) in [4.78, 5) is 12.1. The van der Waals surface area contributed by atoms with Gasteiger partial charge in [0.25, 0.3) is 0 Å². The van der Waals surface area contributed by atoms with Crippen LogP contribution in [0.5, 0.6) is 0 Å². The Kier molecular flexibility index (Phi) is 2.61. The molecule has 3 heteroatoms. The van der Waals surface area contributed by atoms with Crippen molar-refractivity contribution in [2.45, 2.75) is 24.8 Å². The third-order valence-electron chi connectivity index (χ3n) is 4.37. The minimum absolute atomic E-state index is 0.218. The third kappa shape index (κ3) is 1.68. The minimum atomic E-state index is 0.218. The molecular formula is C17H14ClNO. The highest BCUT2D eigenvalue weighted by atomic mass is 35.5. The van der Waals surface area contributed by atoms with Crippen LogP contribution in [0.3, 0.4) is 0 Å². The molecule has 0 spiro atoms. The molecule has 2 aromatic carbocycles. The molecule has 100 valence electrons. The Balaban J connectivity index is 1.86. The average Bonchev–Trinajstić information content (AvgIpc) is 2.83. The fourth-order valence-corrected chi connectivity index (χ4v) is 3.73. The number of carbonyl (C=O) groups is 1. The van der Waals surface area contributed by atoms with E-state index >= 15 is 0 Å². The normalized spacial score (nSPS) is 23.4. The van der Waals surface area contributed by atoms with Gasteiger partial charge in [-0.15, -0.1) is 0 Å². The largest absolute Gasteiger partial charge is 0.377 e. The van der Waals surface area contributed by atoms with Gasteiger partial charge in [0.2, 0.25) is 0 Å². The molecular weight excluding hydrogens is 270 g/mol. The predicted octanol–water partition coefficient (Wildman–Crippen LogP) is 4.57. The maximum absolute atomic E-state index is 12.1. The smallest absolute Gasteiger partial charge is 0.163 e. The molecule has 1 heterocycles. The van der Waals surface area contributed by atoms with Gasteiger partial charge in [0.15, 0.2) is 5.78 Å². The van der Waals surface area contributed by atoms with Crippen molar-refractivity contribution in [2.75, 3.05) is 5.32 Å². The van der Waals surface area contributed by atoms with Gasteiger partial charge in [0.05, 0.1) is 6.04 Å². The zero-order chi connectivity index (χ0) is 13.7. The van der Waals surface area contributed by atoms with Crippen LogP contribution in [0.25, 0.3) is 0 Å². The number of hydrogen-bond acceptors (Lipinski definition) is 2. The average molecular weight is 284 g/mol. The van der Waals surface area contributed by atoms with E-state index in [9.17, 15) is 4.79 Å². The van der Waals surface area contributed by atoms with E-state index in [0.29, 0.717) is 17.4 Å². The summed E-state index contributed by atoms with van der Waals surface area (Å²) < 4.78 is 0. The molecule has 0 saturated carbocycles. The van der Waals surface area contributed by atoms with E-state index in [1.807, 2.05) is 18.2 Å². The van der Waals surface area contributed by atoms with Crippen molar-refractivity contribution in [3.05, 3.63) is 64.2 Å². The summed E-state index contributed by atoms with van der Waals surface area (Å²) in [6, 6.07) is 14.4. The summed E-state index contributed by atoms with van der Waals surface area (Å²) in [7, 11) is 0. The second-order valence-corrected chi connectivity index (χ2v) is 5.95. The van der Waals surface area contributed by atoms with Gasteiger partial charge in [-0.1, -0.05) is 41.9 Å². The molecule has 0 saturated heterocycles. The van der Waals surface area contributed by atoms with E-state index < -0.39 is 0 Å². The van der Waals surface area contributed by atoms with Crippen LogP contribution in [0.15, 0.2) is 42.5 Å². The summed E-state index contributed by atoms with van der Waals surface area (Å²) >= 11 is 6.15. The highest BCUT2D eigenvalue weighted by molar-refractivity contribution is 6.31. The molecule has 2 aromatic rings. The number of Topliss-reactive ketones (excluding diaryl/α,β-unsaturated/α-hetero) is 1. The van der Waals surface area contributed by atoms with E-state index in [1.165, 1.54) is 11.1 Å². The van der Waals surface area contributed by atoms with Crippen LogP contribution < -0.4 is 5.32 Å². The minimum Gasteiger partial charge on any atom is -0.377 e. The maximum atomic E-state index is 12.1. The first-order valence-corrected chi connectivity index (χ1v) is 7.30. The molecule has 1 aliphatic heterocycles. The van der Waals surface area contributed by atoms with Gasteiger partial charge in [0.1, 0.15) is 0 Å². The van der Waals surface area contributed by atoms with E-state index in [4.69, 9.17) is 11.6 Å². The molecule has 2 nitrogen and oxygen atoms in total. The van der Waals surface area contributed by atoms with Gasteiger partial charge < -0.3 is 5.32 Å². The van der Waals surface area contributed by atoms with Crippen LogP contribution in [0.2, 0.25) is 5.02 Å². The lowest BCUT2D eigenvalue weighted by molar-refractivity contribution is 0.0966. The quantitative estimate of drug-likeness (QED) is 0.831. The zero-order valence-corrected chi connectivity index (χ0v) is 11.7. The Morgan fingerprint density at radius 1 is 1.15 bits per heavy atom. The van der Waals surface area contributed by atoms with Crippen LogP contribution >= 0.6 is 11.6 Å². The highest BCUT2D eigenvalue weighted by Crippen LogP contribution is 2.51. The molecule has 0 amide bonds. The summed E-state index contributed by atoms with van der Waals surface area (Å²) in [5, 5.41) is 4.19. The van der Waals surface area contributed by atoms with E-state index in [-0.39, 0.29) is 11.8 Å². The Morgan fingerprint density at radius 3 is 2.75 bits per heavy atom. The maximum Gasteiger partial charge on any atom is 0.163 e. The first-order valence-electron chi connectivity index (χ1n) is 6.92. The van der Waals surface area contributed by atoms with Gasteiger partial charge in [-0.05, 0) is 29.7 Å². The Bertz CT molecular complexity index is 696. The molecule has 4 rings (SSSR count). The first kappa shape index (κ1) is 12.0. The van der Waals surface area contributed by atoms with Crippen molar-refractivity contribution < 1.29 is 4.79 Å². The molecule has 0 bridgehead atoms. The van der Waals surface area contributed by atoms with Crippen LogP contribution in [0.4, 0.5) is 5.69 Å². The Hall–Kier alpha value is -1.80. The lowest BCUT2D eigenvalue weighted by atomic mass is 9.78. The number of hydrogen-bond donors (Lipinski definition) is 1. The number of benzene rings is 2. The molecule has 0 radical (unpaired) electrons. The van der Waals surface area contributed by atoms with E-state index in [2.05, 4.69) is 29.6 Å². The van der Waals surface area contributed by atoms with Gasteiger partial charge >= 0.3 is 0 Å².